The van der Waals surface area contributed by atoms with Gasteiger partial charge in [-0.1, -0.05) is 0 Å². The van der Waals surface area contributed by atoms with Gasteiger partial charge in [-0.3, -0.25) is 14.8 Å². The lowest BCUT2D eigenvalue weighted by molar-refractivity contribution is 0.0790. The van der Waals surface area contributed by atoms with Gasteiger partial charge in [0.2, 0.25) is 0 Å². The number of pyridine rings is 2. The highest BCUT2D eigenvalue weighted by Gasteiger charge is 2.14. The van der Waals surface area contributed by atoms with Crippen LogP contribution >= 0.6 is 0 Å². The first-order valence-electron chi connectivity index (χ1n) is 9.20. The Hall–Kier alpha value is -3.35. The fourth-order valence-electron chi connectivity index (χ4n) is 2.73. The van der Waals surface area contributed by atoms with Crippen LogP contribution in [-0.4, -0.2) is 57.9 Å². The first-order chi connectivity index (χ1) is 13.6. The maximum absolute atomic E-state index is 12.5. The predicted octanol–water partition coefficient (Wildman–Crippen LogP) is 2.26. The average molecular weight is 376 g/mol. The topological polar surface area (TPSA) is 75.1 Å². The molecule has 0 aliphatic heterocycles. The number of aromatic nitrogens is 4. The number of hydrogen-bond donors (Lipinski definition) is 0. The average Bonchev–Trinajstić information content (AvgIpc) is 2.77. The summed E-state index contributed by atoms with van der Waals surface area (Å²) in [7, 11) is 3.74. The normalized spacial score (nSPS) is 10.5. The molecular weight excluding hydrogens is 352 g/mol. The van der Waals surface area contributed by atoms with Gasteiger partial charge in [0.1, 0.15) is 11.5 Å². The number of hydrogen-bond acceptors (Lipinski definition) is 6. The highest BCUT2D eigenvalue weighted by atomic mass is 16.2. The third-order valence-electron chi connectivity index (χ3n) is 4.57. The molecule has 7 heteroatoms. The SMILES string of the molecule is CN(CCc1ccncc1)C(=O)c1cnc(N(C)CCc2ccncc2)cn1. The molecule has 0 aliphatic carbocycles. The summed E-state index contributed by atoms with van der Waals surface area (Å²) in [5.74, 6) is 0.609. The van der Waals surface area contributed by atoms with Crippen LogP contribution in [-0.2, 0) is 12.8 Å². The lowest BCUT2D eigenvalue weighted by atomic mass is 10.2. The zero-order valence-electron chi connectivity index (χ0n) is 16.2. The van der Waals surface area contributed by atoms with Crippen LogP contribution in [0.5, 0.6) is 0 Å². The van der Waals surface area contributed by atoms with Gasteiger partial charge >= 0.3 is 0 Å². The molecule has 0 atom stereocenters. The van der Waals surface area contributed by atoms with Crippen molar-refractivity contribution in [2.24, 2.45) is 0 Å². The first-order valence-corrected chi connectivity index (χ1v) is 9.20. The fraction of sp³-hybridized carbons (Fsp3) is 0.286. The molecule has 28 heavy (non-hydrogen) atoms. The van der Waals surface area contributed by atoms with Crippen molar-refractivity contribution in [3.63, 3.8) is 0 Å². The molecule has 0 saturated carbocycles. The molecule has 0 spiro atoms. The summed E-state index contributed by atoms with van der Waals surface area (Å²) in [5.41, 5.74) is 2.72. The highest BCUT2D eigenvalue weighted by Crippen LogP contribution is 2.10. The number of carbonyl (C=O) groups excluding carboxylic acids is 1. The Labute approximate surface area is 165 Å². The van der Waals surface area contributed by atoms with Gasteiger partial charge in [0.05, 0.1) is 12.4 Å². The smallest absolute Gasteiger partial charge is 0.273 e. The Morgan fingerprint density at radius 2 is 1.39 bits per heavy atom. The molecule has 0 fully saturated rings. The van der Waals surface area contributed by atoms with Gasteiger partial charge in [-0.05, 0) is 48.2 Å². The highest BCUT2D eigenvalue weighted by molar-refractivity contribution is 5.91. The zero-order valence-corrected chi connectivity index (χ0v) is 16.2. The van der Waals surface area contributed by atoms with Gasteiger partial charge < -0.3 is 9.80 Å². The molecule has 1 amide bonds. The minimum absolute atomic E-state index is 0.132. The molecule has 0 radical (unpaired) electrons. The van der Waals surface area contributed by atoms with E-state index in [-0.39, 0.29) is 5.91 Å². The van der Waals surface area contributed by atoms with Crippen molar-refractivity contribution in [3.8, 4) is 0 Å². The molecule has 144 valence electrons. The van der Waals surface area contributed by atoms with Gasteiger partial charge in [-0.25, -0.2) is 9.97 Å². The molecular formula is C21H24N6O. The van der Waals surface area contributed by atoms with Crippen molar-refractivity contribution in [2.45, 2.75) is 12.8 Å². The largest absolute Gasteiger partial charge is 0.358 e. The summed E-state index contributed by atoms with van der Waals surface area (Å²) in [6.45, 7) is 1.41. The van der Waals surface area contributed by atoms with Crippen LogP contribution in [0.3, 0.4) is 0 Å². The van der Waals surface area contributed by atoms with Gasteiger partial charge in [0.15, 0.2) is 0 Å². The molecule has 0 aromatic carbocycles. The van der Waals surface area contributed by atoms with Crippen molar-refractivity contribution in [1.82, 2.24) is 24.8 Å². The van der Waals surface area contributed by atoms with Gasteiger partial charge in [0, 0.05) is 52.0 Å². The van der Waals surface area contributed by atoms with E-state index >= 15 is 0 Å². The molecule has 7 nitrogen and oxygen atoms in total. The van der Waals surface area contributed by atoms with Gasteiger partial charge in [0.25, 0.3) is 5.91 Å². The van der Waals surface area contributed by atoms with E-state index in [1.807, 2.05) is 36.2 Å². The lowest BCUT2D eigenvalue weighted by Gasteiger charge is -2.19. The van der Waals surface area contributed by atoms with Crippen molar-refractivity contribution >= 4 is 11.7 Å². The van der Waals surface area contributed by atoms with E-state index in [1.165, 1.54) is 5.56 Å². The molecule has 3 aromatic heterocycles. The summed E-state index contributed by atoms with van der Waals surface area (Å²) in [5, 5.41) is 0. The number of amides is 1. The Morgan fingerprint density at radius 3 is 1.93 bits per heavy atom. The molecule has 0 N–H and O–H groups in total. The molecule has 0 aliphatic rings. The van der Waals surface area contributed by atoms with Crippen molar-refractivity contribution in [2.75, 3.05) is 32.1 Å². The number of carbonyl (C=O) groups is 1. The summed E-state index contributed by atoms with van der Waals surface area (Å²) in [6, 6.07) is 7.91. The van der Waals surface area contributed by atoms with E-state index in [0.29, 0.717) is 12.2 Å². The molecule has 3 heterocycles. The van der Waals surface area contributed by atoms with E-state index in [1.54, 1.807) is 49.1 Å². The summed E-state index contributed by atoms with van der Waals surface area (Å²) in [4.78, 5) is 33.0. The van der Waals surface area contributed by atoms with Crippen LogP contribution in [0.15, 0.2) is 61.4 Å². The minimum atomic E-state index is -0.132. The van der Waals surface area contributed by atoms with Gasteiger partial charge in [-0.15, -0.1) is 0 Å². The van der Waals surface area contributed by atoms with E-state index in [0.717, 1.165) is 30.8 Å². The van der Waals surface area contributed by atoms with E-state index < -0.39 is 0 Å². The summed E-state index contributed by atoms with van der Waals surface area (Å²) in [6.07, 6.45) is 12.0. The van der Waals surface area contributed by atoms with Crippen LogP contribution in [0.2, 0.25) is 0 Å². The van der Waals surface area contributed by atoms with Crippen LogP contribution in [0.25, 0.3) is 0 Å². The molecule has 3 aromatic rings. The Morgan fingerprint density at radius 1 is 0.821 bits per heavy atom. The molecule has 0 unspecified atom stereocenters. The Kier molecular flexibility index (Phi) is 6.62. The first kappa shape index (κ1) is 19.4. The number of likely N-dealkylation sites (N-methyl/N-ethyl adjacent to an activating group) is 2. The summed E-state index contributed by atoms with van der Waals surface area (Å²) < 4.78 is 0. The molecule has 0 bridgehead atoms. The number of rotatable bonds is 8. The lowest BCUT2D eigenvalue weighted by Crippen LogP contribution is -2.30. The third kappa shape index (κ3) is 5.33. The monoisotopic (exact) mass is 376 g/mol. The van der Waals surface area contributed by atoms with Gasteiger partial charge in [-0.2, -0.15) is 0 Å². The van der Waals surface area contributed by atoms with Crippen molar-refractivity contribution in [3.05, 3.63) is 78.3 Å². The fourth-order valence-corrected chi connectivity index (χ4v) is 2.73. The second-order valence-corrected chi connectivity index (χ2v) is 6.62. The minimum Gasteiger partial charge on any atom is -0.358 e. The quantitative estimate of drug-likeness (QED) is 0.600. The summed E-state index contributed by atoms with van der Waals surface area (Å²) >= 11 is 0. The van der Waals surface area contributed by atoms with E-state index in [9.17, 15) is 4.79 Å². The number of nitrogens with zero attached hydrogens (tertiary/aromatic N) is 6. The molecule has 3 rings (SSSR count). The second kappa shape index (κ2) is 9.55. The Bertz CT molecular complexity index is 870. The standard InChI is InChI=1S/C21H24N6O/c1-26(13-7-17-3-9-22-10-4-17)20-16-24-19(15-25-20)21(28)27(2)14-8-18-5-11-23-12-6-18/h3-6,9-12,15-16H,7-8,13-14H2,1-2H3. The molecule has 0 saturated heterocycles. The Balaban J connectivity index is 1.53. The van der Waals surface area contributed by atoms with Crippen molar-refractivity contribution < 1.29 is 4.79 Å². The second-order valence-electron chi connectivity index (χ2n) is 6.62. The van der Waals surface area contributed by atoms with E-state index in [2.05, 4.69) is 19.9 Å². The maximum Gasteiger partial charge on any atom is 0.273 e. The van der Waals surface area contributed by atoms with Crippen LogP contribution in [0, 0.1) is 0 Å². The maximum atomic E-state index is 12.5. The number of anilines is 1. The predicted molar refractivity (Wildman–Crippen MR) is 108 cm³/mol. The zero-order chi connectivity index (χ0) is 19.8. The van der Waals surface area contributed by atoms with Crippen LogP contribution in [0.4, 0.5) is 5.82 Å². The third-order valence-corrected chi connectivity index (χ3v) is 4.57. The van der Waals surface area contributed by atoms with Crippen LogP contribution < -0.4 is 4.90 Å². The van der Waals surface area contributed by atoms with Crippen molar-refractivity contribution in [1.29, 1.82) is 0 Å². The van der Waals surface area contributed by atoms with E-state index in [4.69, 9.17) is 0 Å². The van der Waals surface area contributed by atoms with Crippen LogP contribution in [0.1, 0.15) is 21.6 Å².